The molecule has 5 atom stereocenters. The molecule has 1 fully saturated rings. The van der Waals surface area contributed by atoms with Crippen molar-refractivity contribution in [2.75, 3.05) is 0 Å². The maximum atomic E-state index is 11.9. The summed E-state index contributed by atoms with van der Waals surface area (Å²) in [6, 6.07) is 0. The van der Waals surface area contributed by atoms with Crippen molar-refractivity contribution in [3.63, 3.8) is 0 Å². The zero-order valence-corrected chi connectivity index (χ0v) is 14.8. The molecule has 0 radical (unpaired) electrons. The van der Waals surface area contributed by atoms with Gasteiger partial charge >= 0.3 is 5.97 Å². The second-order valence-electron chi connectivity index (χ2n) is 7.12. The van der Waals surface area contributed by atoms with Gasteiger partial charge < -0.3 is 14.9 Å². The number of hydrogen-bond acceptors (Lipinski definition) is 4. The summed E-state index contributed by atoms with van der Waals surface area (Å²) in [6.45, 7) is 2.14. The SMILES string of the molecule is CCCCC[C@H](O)/C=C\[C@@H]1[C@H]2C/C=C/CCCC(=O)O[C@H]2C[C@H]1O. The molecular weight excluding hydrogens is 304 g/mol. The van der Waals surface area contributed by atoms with Crippen molar-refractivity contribution in [1.29, 1.82) is 0 Å². The van der Waals surface area contributed by atoms with Crippen molar-refractivity contribution in [2.45, 2.75) is 83.0 Å². The van der Waals surface area contributed by atoms with E-state index in [1.54, 1.807) is 0 Å². The van der Waals surface area contributed by atoms with Crippen LogP contribution in [0.1, 0.15) is 64.7 Å². The van der Waals surface area contributed by atoms with Gasteiger partial charge in [-0.05, 0) is 25.7 Å². The Morgan fingerprint density at radius 3 is 3.00 bits per heavy atom. The Labute approximate surface area is 145 Å². The first-order chi connectivity index (χ1) is 11.6. The number of rotatable bonds is 6. The van der Waals surface area contributed by atoms with E-state index >= 15 is 0 Å². The smallest absolute Gasteiger partial charge is 0.306 e. The Morgan fingerprint density at radius 2 is 2.21 bits per heavy atom. The van der Waals surface area contributed by atoms with Gasteiger partial charge in [-0.3, -0.25) is 4.79 Å². The standard InChI is InChI=1S/C20H32O4/c1-2-3-6-9-15(21)12-13-16-17-10-7-4-5-8-11-20(23)24-19(17)14-18(16)22/h4,7,12-13,15-19,21-22H,2-3,5-6,8-11,14H2,1H3/b7-4+,13-12-/t15-,16+,17+,18+,19-/m0/s1. The van der Waals surface area contributed by atoms with Crippen molar-refractivity contribution in [1.82, 2.24) is 0 Å². The van der Waals surface area contributed by atoms with Crippen molar-refractivity contribution in [3.05, 3.63) is 24.3 Å². The highest BCUT2D eigenvalue weighted by atomic mass is 16.5. The second-order valence-corrected chi connectivity index (χ2v) is 7.12. The molecule has 0 aromatic carbocycles. The molecule has 1 aliphatic heterocycles. The van der Waals surface area contributed by atoms with Gasteiger partial charge in [0.2, 0.25) is 0 Å². The highest BCUT2D eigenvalue weighted by Crippen LogP contribution is 2.38. The largest absolute Gasteiger partial charge is 0.462 e. The summed E-state index contributed by atoms with van der Waals surface area (Å²) in [7, 11) is 0. The minimum atomic E-state index is -0.513. The molecule has 136 valence electrons. The molecule has 4 nitrogen and oxygen atoms in total. The number of carbonyl (C=O) groups is 1. The summed E-state index contributed by atoms with van der Waals surface area (Å²) in [5, 5.41) is 20.5. The predicted molar refractivity (Wildman–Crippen MR) is 94.4 cm³/mol. The van der Waals surface area contributed by atoms with Crippen LogP contribution >= 0.6 is 0 Å². The Bertz CT molecular complexity index is 443. The van der Waals surface area contributed by atoms with E-state index < -0.39 is 12.2 Å². The predicted octanol–water partition coefficient (Wildman–Crippen LogP) is 3.52. The molecule has 1 heterocycles. The molecule has 0 aromatic rings. The summed E-state index contributed by atoms with van der Waals surface area (Å²) < 4.78 is 5.61. The summed E-state index contributed by atoms with van der Waals surface area (Å²) in [5.74, 6) is -0.123. The first kappa shape index (κ1) is 19.2. The number of carbonyl (C=O) groups excluding carboxylic acids is 1. The molecular formula is C20H32O4. The molecule has 4 heteroatoms. The van der Waals surface area contributed by atoms with Crippen molar-refractivity contribution in [3.8, 4) is 0 Å². The number of allylic oxidation sites excluding steroid dienone is 2. The van der Waals surface area contributed by atoms with Crippen LogP contribution in [0.4, 0.5) is 0 Å². The van der Waals surface area contributed by atoms with E-state index in [0.717, 1.165) is 44.9 Å². The van der Waals surface area contributed by atoms with E-state index in [0.29, 0.717) is 12.8 Å². The number of unbranched alkanes of at least 4 members (excludes halogenated alkanes) is 2. The maximum absolute atomic E-state index is 11.9. The average molecular weight is 336 g/mol. The Kier molecular flexibility index (Phi) is 8.00. The van der Waals surface area contributed by atoms with Crippen molar-refractivity contribution >= 4 is 5.97 Å². The third-order valence-corrected chi connectivity index (χ3v) is 5.16. The minimum Gasteiger partial charge on any atom is -0.462 e. The molecule has 0 amide bonds. The van der Waals surface area contributed by atoms with Crippen molar-refractivity contribution in [2.24, 2.45) is 11.8 Å². The van der Waals surface area contributed by atoms with Crippen LogP contribution in [-0.2, 0) is 9.53 Å². The van der Waals surface area contributed by atoms with Gasteiger partial charge in [-0.15, -0.1) is 0 Å². The Hall–Kier alpha value is -1.13. The molecule has 0 aromatic heterocycles. The van der Waals surface area contributed by atoms with E-state index in [1.807, 2.05) is 12.2 Å². The van der Waals surface area contributed by atoms with E-state index in [4.69, 9.17) is 4.74 Å². The normalized spacial score (nSPS) is 33.9. The van der Waals surface area contributed by atoms with Gasteiger partial charge in [0, 0.05) is 24.7 Å². The maximum Gasteiger partial charge on any atom is 0.306 e. The molecule has 2 N–H and O–H groups in total. The molecule has 0 unspecified atom stereocenters. The van der Waals surface area contributed by atoms with Gasteiger partial charge in [0.25, 0.3) is 0 Å². The molecule has 0 spiro atoms. The average Bonchev–Trinajstić information content (AvgIpc) is 2.84. The summed E-state index contributed by atoms with van der Waals surface area (Å²) >= 11 is 0. The quantitative estimate of drug-likeness (QED) is 0.442. The van der Waals surface area contributed by atoms with Gasteiger partial charge in [-0.2, -0.15) is 0 Å². The molecule has 0 bridgehead atoms. The van der Waals surface area contributed by atoms with E-state index in [2.05, 4.69) is 19.1 Å². The number of hydrogen-bond donors (Lipinski definition) is 2. The number of fused-ring (bicyclic) bond motifs is 1. The topological polar surface area (TPSA) is 66.8 Å². The first-order valence-corrected chi connectivity index (χ1v) is 9.50. The van der Waals surface area contributed by atoms with Crippen LogP contribution in [0.15, 0.2) is 24.3 Å². The number of ether oxygens (including phenoxy) is 1. The minimum absolute atomic E-state index is 0.0623. The molecule has 2 rings (SSSR count). The van der Waals surface area contributed by atoms with Crippen LogP contribution in [0.3, 0.4) is 0 Å². The monoisotopic (exact) mass is 336 g/mol. The van der Waals surface area contributed by atoms with Gasteiger partial charge in [0.15, 0.2) is 0 Å². The lowest BCUT2D eigenvalue weighted by Crippen LogP contribution is -2.25. The Morgan fingerprint density at radius 1 is 1.38 bits per heavy atom. The van der Waals surface area contributed by atoms with E-state index in [-0.39, 0.29) is 23.9 Å². The number of aliphatic hydroxyl groups excluding tert-OH is 2. The zero-order valence-electron chi connectivity index (χ0n) is 14.8. The highest BCUT2D eigenvalue weighted by molar-refractivity contribution is 5.69. The fourth-order valence-corrected chi connectivity index (χ4v) is 3.74. The van der Waals surface area contributed by atoms with Crippen LogP contribution < -0.4 is 0 Å². The van der Waals surface area contributed by atoms with Gasteiger partial charge in [0.1, 0.15) is 6.10 Å². The number of aliphatic hydroxyl groups is 2. The summed E-state index contributed by atoms with van der Waals surface area (Å²) in [4.78, 5) is 11.9. The third kappa shape index (κ3) is 5.75. The highest BCUT2D eigenvalue weighted by Gasteiger charge is 2.42. The van der Waals surface area contributed by atoms with Crippen LogP contribution in [0.2, 0.25) is 0 Å². The van der Waals surface area contributed by atoms with Crippen LogP contribution in [0.25, 0.3) is 0 Å². The van der Waals surface area contributed by atoms with Crippen molar-refractivity contribution < 1.29 is 19.7 Å². The van der Waals surface area contributed by atoms with Gasteiger partial charge in [-0.25, -0.2) is 0 Å². The lowest BCUT2D eigenvalue weighted by Gasteiger charge is -2.23. The molecule has 1 aliphatic carbocycles. The van der Waals surface area contributed by atoms with E-state index in [1.165, 1.54) is 0 Å². The van der Waals surface area contributed by atoms with Gasteiger partial charge in [-0.1, -0.05) is 50.5 Å². The summed E-state index contributed by atoms with van der Waals surface area (Å²) in [5.41, 5.74) is 0. The second kappa shape index (κ2) is 10.00. The fraction of sp³-hybridized carbons (Fsp3) is 0.750. The van der Waals surface area contributed by atoms with Gasteiger partial charge in [0.05, 0.1) is 12.2 Å². The zero-order chi connectivity index (χ0) is 17.4. The van der Waals surface area contributed by atoms with Crippen LogP contribution in [0.5, 0.6) is 0 Å². The first-order valence-electron chi connectivity index (χ1n) is 9.50. The lowest BCUT2D eigenvalue weighted by atomic mass is 9.89. The molecule has 0 saturated heterocycles. The third-order valence-electron chi connectivity index (χ3n) is 5.16. The van der Waals surface area contributed by atoms with E-state index in [9.17, 15) is 15.0 Å². The number of esters is 1. The van der Waals surface area contributed by atoms with Crippen LogP contribution in [0, 0.1) is 11.8 Å². The fourth-order valence-electron chi connectivity index (χ4n) is 3.74. The lowest BCUT2D eigenvalue weighted by molar-refractivity contribution is -0.151. The molecule has 24 heavy (non-hydrogen) atoms. The van der Waals surface area contributed by atoms with Crippen LogP contribution in [-0.4, -0.2) is 34.5 Å². The Balaban J connectivity index is 1.99. The molecule has 2 aliphatic rings. The summed E-state index contributed by atoms with van der Waals surface area (Å²) in [6.07, 6.45) is 14.3. The molecule has 1 saturated carbocycles.